The minimum atomic E-state index is -0.726. The lowest BCUT2D eigenvalue weighted by molar-refractivity contribution is -0.125. The minimum absolute atomic E-state index is 0.0820. The second-order valence-corrected chi connectivity index (χ2v) is 5.58. The zero-order valence-corrected chi connectivity index (χ0v) is 10.9. The topological polar surface area (TPSA) is 69.6 Å². The Bertz CT molecular complexity index is 247. The molecule has 1 fully saturated rings. The zero-order valence-electron chi connectivity index (χ0n) is 10.9. The molecule has 17 heavy (non-hydrogen) atoms. The van der Waals surface area contributed by atoms with Crippen molar-refractivity contribution in [1.82, 2.24) is 5.32 Å². The van der Waals surface area contributed by atoms with Crippen molar-refractivity contribution in [3.05, 3.63) is 0 Å². The standard InChI is InChI=1S/C13H25NO3/c1-10(2)11(15)8-12(16)14-9-13(17)6-4-3-5-7-13/h10-11,15,17H,3-9H2,1-2H3,(H,14,16). The number of rotatable bonds is 5. The molecular formula is C13H25NO3. The van der Waals surface area contributed by atoms with Gasteiger partial charge in [0.1, 0.15) is 0 Å². The molecule has 1 unspecified atom stereocenters. The van der Waals surface area contributed by atoms with Crippen molar-refractivity contribution >= 4 is 5.91 Å². The number of aliphatic hydroxyl groups excluding tert-OH is 1. The molecule has 4 heteroatoms. The maximum Gasteiger partial charge on any atom is 0.222 e. The Morgan fingerprint density at radius 2 is 1.88 bits per heavy atom. The average molecular weight is 243 g/mol. The summed E-state index contributed by atoms with van der Waals surface area (Å²) in [5, 5.41) is 22.5. The molecule has 1 atom stereocenters. The molecule has 100 valence electrons. The summed E-state index contributed by atoms with van der Waals surface area (Å²) in [5.41, 5.74) is -0.726. The number of carbonyl (C=O) groups excluding carboxylic acids is 1. The average Bonchev–Trinajstić information content (AvgIpc) is 2.27. The number of aliphatic hydroxyl groups is 2. The Morgan fingerprint density at radius 3 is 2.41 bits per heavy atom. The SMILES string of the molecule is CC(C)C(O)CC(=O)NCC1(O)CCCCC1. The van der Waals surface area contributed by atoms with E-state index in [2.05, 4.69) is 5.32 Å². The van der Waals surface area contributed by atoms with Crippen molar-refractivity contribution in [2.45, 2.75) is 64.1 Å². The van der Waals surface area contributed by atoms with Crippen molar-refractivity contribution in [3.63, 3.8) is 0 Å². The maximum absolute atomic E-state index is 11.6. The maximum atomic E-state index is 11.6. The Kier molecular flexibility index (Phi) is 5.40. The summed E-state index contributed by atoms with van der Waals surface area (Å²) >= 11 is 0. The molecule has 4 nitrogen and oxygen atoms in total. The number of carbonyl (C=O) groups is 1. The third-order valence-electron chi connectivity index (χ3n) is 3.56. The molecule has 0 aromatic heterocycles. The smallest absolute Gasteiger partial charge is 0.222 e. The van der Waals surface area contributed by atoms with E-state index in [1.807, 2.05) is 13.8 Å². The predicted molar refractivity (Wildman–Crippen MR) is 66.5 cm³/mol. The van der Waals surface area contributed by atoms with Crippen LogP contribution in [0.2, 0.25) is 0 Å². The van der Waals surface area contributed by atoms with Gasteiger partial charge in [0.05, 0.1) is 18.1 Å². The first kappa shape index (κ1) is 14.5. The Morgan fingerprint density at radius 1 is 1.29 bits per heavy atom. The van der Waals surface area contributed by atoms with E-state index < -0.39 is 11.7 Å². The van der Waals surface area contributed by atoms with Crippen LogP contribution in [-0.2, 0) is 4.79 Å². The fourth-order valence-corrected chi connectivity index (χ4v) is 2.15. The lowest BCUT2D eigenvalue weighted by Gasteiger charge is -2.32. The number of amides is 1. The first-order valence-electron chi connectivity index (χ1n) is 6.60. The van der Waals surface area contributed by atoms with Gasteiger partial charge in [0.15, 0.2) is 0 Å². The lowest BCUT2D eigenvalue weighted by atomic mass is 9.85. The highest BCUT2D eigenvalue weighted by molar-refractivity contribution is 5.76. The van der Waals surface area contributed by atoms with Crippen LogP contribution in [0.1, 0.15) is 52.4 Å². The fourth-order valence-electron chi connectivity index (χ4n) is 2.15. The molecule has 0 bridgehead atoms. The van der Waals surface area contributed by atoms with E-state index in [1.165, 1.54) is 6.42 Å². The normalized spacial score (nSPS) is 21.2. The van der Waals surface area contributed by atoms with Crippen LogP contribution in [0.5, 0.6) is 0 Å². The molecule has 0 radical (unpaired) electrons. The molecule has 0 saturated heterocycles. The van der Waals surface area contributed by atoms with Gasteiger partial charge in [0.25, 0.3) is 0 Å². The second-order valence-electron chi connectivity index (χ2n) is 5.58. The highest BCUT2D eigenvalue weighted by Crippen LogP contribution is 2.27. The summed E-state index contributed by atoms with van der Waals surface area (Å²) in [6.07, 6.45) is 4.27. The van der Waals surface area contributed by atoms with Crippen LogP contribution < -0.4 is 5.32 Å². The molecule has 1 aliphatic carbocycles. The van der Waals surface area contributed by atoms with E-state index in [0.717, 1.165) is 25.7 Å². The largest absolute Gasteiger partial charge is 0.392 e. The van der Waals surface area contributed by atoms with E-state index in [0.29, 0.717) is 6.54 Å². The van der Waals surface area contributed by atoms with Gasteiger partial charge in [-0.3, -0.25) is 4.79 Å². The molecule has 1 saturated carbocycles. The second kappa shape index (κ2) is 6.36. The summed E-state index contributed by atoms with van der Waals surface area (Å²) in [7, 11) is 0. The molecule has 0 aliphatic heterocycles. The zero-order chi connectivity index (χ0) is 12.9. The number of hydrogen-bond donors (Lipinski definition) is 3. The van der Waals surface area contributed by atoms with E-state index in [-0.39, 0.29) is 18.2 Å². The van der Waals surface area contributed by atoms with Gasteiger partial charge in [0.2, 0.25) is 5.91 Å². The van der Waals surface area contributed by atoms with Crippen LogP contribution in [-0.4, -0.2) is 34.4 Å². The minimum Gasteiger partial charge on any atom is -0.392 e. The summed E-state index contributed by atoms with van der Waals surface area (Å²) in [6.45, 7) is 4.08. The fraction of sp³-hybridized carbons (Fsp3) is 0.923. The van der Waals surface area contributed by atoms with Crippen LogP contribution in [0, 0.1) is 5.92 Å². The molecule has 0 spiro atoms. The van der Waals surface area contributed by atoms with Gasteiger partial charge in [-0.1, -0.05) is 33.1 Å². The molecule has 1 aliphatic rings. The van der Waals surface area contributed by atoms with Crippen LogP contribution >= 0.6 is 0 Å². The Hall–Kier alpha value is -0.610. The molecule has 3 N–H and O–H groups in total. The van der Waals surface area contributed by atoms with Crippen LogP contribution in [0.15, 0.2) is 0 Å². The highest BCUT2D eigenvalue weighted by Gasteiger charge is 2.29. The van der Waals surface area contributed by atoms with E-state index >= 15 is 0 Å². The van der Waals surface area contributed by atoms with Crippen molar-refractivity contribution in [3.8, 4) is 0 Å². The monoisotopic (exact) mass is 243 g/mol. The van der Waals surface area contributed by atoms with E-state index in [1.54, 1.807) is 0 Å². The predicted octanol–water partition coefficient (Wildman–Crippen LogP) is 1.20. The summed E-state index contributed by atoms with van der Waals surface area (Å²) in [6, 6.07) is 0. The summed E-state index contributed by atoms with van der Waals surface area (Å²) in [5.74, 6) is -0.0938. The number of hydrogen-bond acceptors (Lipinski definition) is 3. The van der Waals surface area contributed by atoms with Crippen molar-refractivity contribution in [2.24, 2.45) is 5.92 Å². The first-order valence-corrected chi connectivity index (χ1v) is 6.60. The van der Waals surface area contributed by atoms with E-state index in [4.69, 9.17) is 0 Å². The van der Waals surface area contributed by atoms with Gasteiger partial charge < -0.3 is 15.5 Å². The van der Waals surface area contributed by atoms with Crippen molar-refractivity contribution in [1.29, 1.82) is 0 Å². The van der Waals surface area contributed by atoms with Crippen LogP contribution in [0.25, 0.3) is 0 Å². The van der Waals surface area contributed by atoms with Gasteiger partial charge >= 0.3 is 0 Å². The molecule has 0 heterocycles. The lowest BCUT2D eigenvalue weighted by Crippen LogP contribution is -2.45. The van der Waals surface area contributed by atoms with Gasteiger partial charge in [0, 0.05) is 6.54 Å². The summed E-state index contributed by atoms with van der Waals surface area (Å²) < 4.78 is 0. The van der Waals surface area contributed by atoms with Crippen LogP contribution in [0.4, 0.5) is 0 Å². The van der Waals surface area contributed by atoms with Crippen molar-refractivity contribution < 1.29 is 15.0 Å². The number of nitrogens with one attached hydrogen (secondary N) is 1. The first-order chi connectivity index (χ1) is 7.93. The van der Waals surface area contributed by atoms with E-state index in [9.17, 15) is 15.0 Å². The molecule has 1 amide bonds. The quantitative estimate of drug-likeness (QED) is 0.679. The molecule has 0 aromatic rings. The summed E-state index contributed by atoms with van der Waals surface area (Å²) in [4.78, 5) is 11.6. The van der Waals surface area contributed by atoms with Gasteiger partial charge in [-0.25, -0.2) is 0 Å². The highest BCUT2D eigenvalue weighted by atomic mass is 16.3. The molecule has 0 aromatic carbocycles. The molecular weight excluding hydrogens is 218 g/mol. The third kappa shape index (κ3) is 5.04. The molecule has 1 rings (SSSR count). The third-order valence-corrected chi connectivity index (χ3v) is 3.56. The van der Waals surface area contributed by atoms with Gasteiger partial charge in [-0.05, 0) is 18.8 Å². The Labute approximate surface area is 103 Å². The van der Waals surface area contributed by atoms with Gasteiger partial charge in [-0.15, -0.1) is 0 Å². The van der Waals surface area contributed by atoms with Gasteiger partial charge in [-0.2, -0.15) is 0 Å². The van der Waals surface area contributed by atoms with Crippen LogP contribution in [0.3, 0.4) is 0 Å². The Balaban J connectivity index is 2.27. The van der Waals surface area contributed by atoms with Crippen molar-refractivity contribution in [2.75, 3.05) is 6.54 Å².